The van der Waals surface area contributed by atoms with Gasteiger partial charge in [-0.2, -0.15) is 0 Å². The maximum Gasteiger partial charge on any atom is 0.133 e. The molecule has 0 amide bonds. The summed E-state index contributed by atoms with van der Waals surface area (Å²) >= 11 is 0. The Balaban J connectivity index is 1.99. The van der Waals surface area contributed by atoms with Crippen LogP contribution in [0.4, 0.5) is 0 Å². The highest BCUT2D eigenvalue weighted by molar-refractivity contribution is 5.79. The van der Waals surface area contributed by atoms with Gasteiger partial charge in [-0.05, 0) is 30.7 Å². The first-order chi connectivity index (χ1) is 10.3. The Hall–Kier alpha value is -2.39. The van der Waals surface area contributed by atoms with Crippen molar-refractivity contribution in [2.45, 2.75) is 13.5 Å². The number of benzene rings is 2. The summed E-state index contributed by atoms with van der Waals surface area (Å²) in [5, 5.41) is 0. The lowest BCUT2D eigenvalue weighted by molar-refractivity contribution is 0.721. The standard InChI is InChI=1S/C18H19N3/c1-14-6-8-15(9-7-14)10-11-18-20-16-4-2-3-5-17(16)21(18)13-12-19/h2-11H,12-13,19H2,1H3/b11-10+. The zero-order valence-corrected chi connectivity index (χ0v) is 12.2. The monoisotopic (exact) mass is 277 g/mol. The average Bonchev–Trinajstić information content (AvgIpc) is 2.85. The van der Waals surface area contributed by atoms with Gasteiger partial charge in [0, 0.05) is 13.1 Å². The van der Waals surface area contributed by atoms with E-state index in [1.165, 1.54) is 11.1 Å². The molecule has 3 nitrogen and oxygen atoms in total. The minimum absolute atomic E-state index is 0.603. The van der Waals surface area contributed by atoms with E-state index in [9.17, 15) is 0 Å². The highest BCUT2D eigenvalue weighted by Crippen LogP contribution is 2.17. The number of fused-ring (bicyclic) bond motifs is 1. The summed E-state index contributed by atoms with van der Waals surface area (Å²) in [6, 6.07) is 16.6. The Morgan fingerprint density at radius 1 is 1.05 bits per heavy atom. The van der Waals surface area contributed by atoms with Gasteiger partial charge in [-0.25, -0.2) is 4.98 Å². The molecule has 0 saturated heterocycles. The third-order valence-corrected chi connectivity index (χ3v) is 3.54. The van der Waals surface area contributed by atoms with Crippen LogP contribution in [-0.4, -0.2) is 16.1 Å². The molecule has 0 radical (unpaired) electrons. The molecule has 0 unspecified atom stereocenters. The molecular weight excluding hydrogens is 258 g/mol. The first-order valence-corrected chi connectivity index (χ1v) is 7.18. The van der Waals surface area contributed by atoms with Crippen molar-refractivity contribution >= 4 is 23.2 Å². The Morgan fingerprint density at radius 3 is 2.57 bits per heavy atom. The van der Waals surface area contributed by atoms with Crippen molar-refractivity contribution in [1.82, 2.24) is 9.55 Å². The number of para-hydroxylation sites is 2. The van der Waals surface area contributed by atoms with Gasteiger partial charge in [-0.15, -0.1) is 0 Å². The molecular formula is C18H19N3. The molecule has 0 bridgehead atoms. The zero-order chi connectivity index (χ0) is 14.7. The highest BCUT2D eigenvalue weighted by atomic mass is 15.1. The molecule has 0 atom stereocenters. The normalized spacial score (nSPS) is 11.5. The van der Waals surface area contributed by atoms with Crippen LogP contribution in [0, 0.1) is 6.92 Å². The van der Waals surface area contributed by atoms with Crippen molar-refractivity contribution in [1.29, 1.82) is 0 Å². The fourth-order valence-electron chi connectivity index (χ4n) is 2.43. The lowest BCUT2D eigenvalue weighted by Gasteiger charge is -2.04. The van der Waals surface area contributed by atoms with Gasteiger partial charge in [0.25, 0.3) is 0 Å². The fraction of sp³-hybridized carbons (Fsp3) is 0.167. The average molecular weight is 277 g/mol. The predicted octanol–water partition coefficient (Wildman–Crippen LogP) is 3.47. The number of rotatable bonds is 4. The van der Waals surface area contributed by atoms with Gasteiger partial charge in [-0.3, -0.25) is 0 Å². The van der Waals surface area contributed by atoms with Crippen molar-refractivity contribution in [3.05, 3.63) is 65.5 Å². The summed E-state index contributed by atoms with van der Waals surface area (Å²) in [7, 11) is 0. The van der Waals surface area contributed by atoms with E-state index >= 15 is 0 Å². The summed E-state index contributed by atoms with van der Waals surface area (Å²) in [5.74, 6) is 0.947. The number of nitrogens with two attached hydrogens (primary N) is 1. The molecule has 0 spiro atoms. The number of hydrogen-bond acceptors (Lipinski definition) is 2. The van der Waals surface area contributed by atoms with Crippen LogP contribution in [0.2, 0.25) is 0 Å². The molecule has 3 heteroatoms. The molecule has 1 aromatic heterocycles. The Bertz CT molecular complexity index is 767. The van der Waals surface area contributed by atoms with E-state index in [1.54, 1.807) is 0 Å². The van der Waals surface area contributed by atoms with Gasteiger partial charge < -0.3 is 10.3 Å². The van der Waals surface area contributed by atoms with Gasteiger partial charge in [0.15, 0.2) is 0 Å². The summed E-state index contributed by atoms with van der Waals surface area (Å²) in [5.41, 5.74) is 10.3. The molecule has 2 N–H and O–H groups in total. The van der Waals surface area contributed by atoms with Crippen molar-refractivity contribution < 1.29 is 0 Å². The van der Waals surface area contributed by atoms with Gasteiger partial charge in [0.05, 0.1) is 11.0 Å². The van der Waals surface area contributed by atoms with Crippen molar-refractivity contribution in [3.63, 3.8) is 0 Å². The van der Waals surface area contributed by atoms with Crippen LogP contribution < -0.4 is 5.73 Å². The molecule has 3 rings (SSSR count). The maximum absolute atomic E-state index is 5.73. The largest absolute Gasteiger partial charge is 0.329 e. The summed E-state index contributed by atoms with van der Waals surface area (Å²) < 4.78 is 2.17. The van der Waals surface area contributed by atoms with Crippen molar-refractivity contribution in [2.24, 2.45) is 5.73 Å². The number of imidazole rings is 1. The summed E-state index contributed by atoms with van der Waals surface area (Å²) in [4.78, 5) is 4.68. The van der Waals surface area contributed by atoms with E-state index < -0.39 is 0 Å². The van der Waals surface area contributed by atoms with Crippen LogP contribution >= 0.6 is 0 Å². The Kier molecular flexibility index (Phi) is 3.84. The van der Waals surface area contributed by atoms with Crippen LogP contribution in [0.3, 0.4) is 0 Å². The minimum Gasteiger partial charge on any atom is -0.329 e. The number of hydrogen-bond donors (Lipinski definition) is 1. The second-order valence-corrected chi connectivity index (χ2v) is 5.14. The van der Waals surface area contributed by atoms with Crippen molar-refractivity contribution in [3.8, 4) is 0 Å². The second kappa shape index (κ2) is 5.94. The smallest absolute Gasteiger partial charge is 0.133 e. The van der Waals surface area contributed by atoms with E-state index in [0.717, 1.165) is 23.4 Å². The van der Waals surface area contributed by atoms with Gasteiger partial charge in [0.2, 0.25) is 0 Å². The molecule has 106 valence electrons. The first-order valence-electron chi connectivity index (χ1n) is 7.18. The van der Waals surface area contributed by atoms with Crippen LogP contribution in [0.15, 0.2) is 48.5 Å². The van der Waals surface area contributed by atoms with Crippen LogP contribution in [0.5, 0.6) is 0 Å². The minimum atomic E-state index is 0.603. The lowest BCUT2D eigenvalue weighted by atomic mass is 10.1. The van der Waals surface area contributed by atoms with Crippen LogP contribution in [0.25, 0.3) is 23.2 Å². The molecule has 21 heavy (non-hydrogen) atoms. The highest BCUT2D eigenvalue weighted by Gasteiger charge is 2.06. The molecule has 0 aliphatic carbocycles. The van der Waals surface area contributed by atoms with E-state index in [2.05, 4.69) is 59.0 Å². The fourth-order valence-corrected chi connectivity index (χ4v) is 2.43. The molecule has 0 saturated carbocycles. The molecule has 1 heterocycles. The van der Waals surface area contributed by atoms with E-state index in [-0.39, 0.29) is 0 Å². The Labute approximate surface area is 124 Å². The molecule has 2 aromatic carbocycles. The molecule has 3 aromatic rings. The summed E-state index contributed by atoms with van der Waals surface area (Å²) in [6.07, 6.45) is 4.15. The third kappa shape index (κ3) is 2.88. The third-order valence-electron chi connectivity index (χ3n) is 3.54. The van der Waals surface area contributed by atoms with E-state index in [1.807, 2.05) is 18.2 Å². The van der Waals surface area contributed by atoms with Gasteiger partial charge >= 0.3 is 0 Å². The Morgan fingerprint density at radius 2 is 1.81 bits per heavy atom. The SMILES string of the molecule is Cc1ccc(/C=C/c2nc3ccccc3n2CCN)cc1. The number of aromatic nitrogens is 2. The topological polar surface area (TPSA) is 43.8 Å². The van der Waals surface area contributed by atoms with Crippen LogP contribution in [-0.2, 0) is 6.54 Å². The lowest BCUT2D eigenvalue weighted by Crippen LogP contribution is -2.10. The molecule has 0 aliphatic heterocycles. The van der Waals surface area contributed by atoms with Crippen LogP contribution in [0.1, 0.15) is 17.0 Å². The van der Waals surface area contributed by atoms with E-state index in [0.29, 0.717) is 6.54 Å². The first kappa shape index (κ1) is 13.6. The summed E-state index contributed by atoms with van der Waals surface area (Å²) in [6.45, 7) is 3.47. The quantitative estimate of drug-likeness (QED) is 0.793. The number of aryl methyl sites for hydroxylation is 1. The predicted molar refractivity (Wildman–Crippen MR) is 88.9 cm³/mol. The number of nitrogens with zero attached hydrogens (tertiary/aromatic N) is 2. The van der Waals surface area contributed by atoms with Crippen molar-refractivity contribution in [2.75, 3.05) is 6.54 Å². The molecule has 0 aliphatic rings. The van der Waals surface area contributed by atoms with Gasteiger partial charge in [0.1, 0.15) is 5.82 Å². The van der Waals surface area contributed by atoms with E-state index in [4.69, 9.17) is 5.73 Å². The maximum atomic E-state index is 5.73. The van der Waals surface area contributed by atoms with Gasteiger partial charge in [-0.1, -0.05) is 48.0 Å². The molecule has 0 fully saturated rings. The zero-order valence-electron chi connectivity index (χ0n) is 12.2. The second-order valence-electron chi connectivity index (χ2n) is 5.14.